The molecule has 2 unspecified atom stereocenters. The number of carbonyl (C=O) groups excluding carboxylic acids is 1. The molecule has 0 aromatic rings. The first-order chi connectivity index (χ1) is 21.0. The Morgan fingerprint density at radius 2 is 1.51 bits per heavy atom. The molecule has 6 heteroatoms. The number of rotatable bonds is 7. The summed E-state index contributed by atoms with van der Waals surface area (Å²) in [6, 6.07) is 0. The van der Waals surface area contributed by atoms with Crippen LogP contribution in [0.3, 0.4) is 0 Å². The number of carbonyl (C=O) groups is 2. The fraction of sp³-hybridized carbons (Fsp3) is 0.949. The molecule has 0 aromatic heterocycles. The summed E-state index contributed by atoms with van der Waals surface area (Å²) in [6.45, 7) is 22.3. The van der Waals surface area contributed by atoms with Crippen LogP contribution in [-0.2, 0) is 14.3 Å². The summed E-state index contributed by atoms with van der Waals surface area (Å²) < 4.78 is 6.18. The molecule has 1 saturated heterocycles. The van der Waals surface area contributed by atoms with Crippen molar-refractivity contribution in [3.8, 4) is 0 Å². The predicted octanol–water partition coefficient (Wildman–Crippen LogP) is 7.89. The minimum atomic E-state index is -1.10. The normalized spacial score (nSPS) is 45.1. The molecule has 6 aliphatic rings. The van der Waals surface area contributed by atoms with Crippen molar-refractivity contribution in [2.24, 2.45) is 56.2 Å². The smallest absolute Gasteiger partial charge is 0.309 e. The third-order valence-electron chi connectivity index (χ3n) is 16.4. The third kappa shape index (κ3) is 5.33. The van der Waals surface area contributed by atoms with Gasteiger partial charge < -0.3 is 19.6 Å². The summed E-state index contributed by atoms with van der Waals surface area (Å²) in [4.78, 5) is 29.9. The number of fused-ring (bicyclic) bond motifs is 7. The van der Waals surface area contributed by atoms with E-state index in [0.29, 0.717) is 28.1 Å². The molecule has 256 valence electrons. The van der Waals surface area contributed by atoms with Crippen molar-refractivity contribution in [2.45, 2.75) is 138 Å². The van der Waals surface area contributed by atoms with E-state index in [9.17, 15) is 14.7 Å². The van der Waals surface area contributed by atoms with Crippen LogP contribution in [0.5, 0.6) is 0 Å². The van der Waals surface area contributed by atoms with Gasteiger partial charge in [0.15, 0.2) is 0 Å². The molecule has 6 rings (SSSR count). The van der Waals surface area contributed by atoms with Crippen LogP contribution in [0.2, 0.25) is 0 Å². The largest absolute Gasteiger partial charge is 0.481 e. The van der Waals surface area contributed by atoms with E-state index in [4.69, 9.17) is 4.74 Å². The maximum atomic E-state index is 13.0. The molecule has 6 fully saturated rings. The molecule has 1 aliphatic heterocycles. The van der Waals surface area contributed by atoms with Gasteiger partial charge in [-0.2, -0.15) is 0 Å². The average Bonchev–Trinajstić information content (AvgIpc) is 3.39. The molecule has 9 atom stereocenters. The highest BCUT2D eigenvalue weighted by molar-refractivity contribution is 5.81. The number of carboxylic acids is 1. The summed E-state index contributed by atoms with van der Waals surface area (Å²) in [7, 11) is 2.27. The van der Waals surface area contributed by atoms with Crippen LogP contribution < -0.4 is 0 Å². The highest BCUT2D eigenvalue weighted by atomic mass is 16.5. The van der Waals surface area contributed by atoms with Crippen molar-refractivity contribution in [3.05, 3.63) is 0 Å². The Labute approximate surface area is 274 Å². The summed E-state index contributed by atoms with van der Waals surface area (Å²) in [5, 5.41) is 9.57. The maximum absolute atomic E-state index is 13.0. The van der Waals surface area contributed by atoms with Crippen molar-refractivity contribution in [3.63, 3.8) is 0 Å². The van der Waals surface area contributed by atoms with Gasteiger partial charge >= 0.3 is 11.9 Å². The lowest BCUT2D eigenvalue weighted by atomic mass is 9.32. The molecular weight excluding hydrogens is 560 g/mol. The number of ether oxygens (including phenoxy) is 1. The lowest BCUT2D eigenvalue weighted by Gasteiger charge is -2.72. The molecule has 5 aliphatic carbocycles. The van der Waals surface area contributed by atoms with E-state index in [-0.39, 0.29) is 29.3 Å². The van der Waals surface area contributed by atoms with Gasteiger partial charge in [0, 0.05) is 31.6 Å². The molecule has 0 bridgehead atoms. The molecule has 1 N–H and O–H groups in total. The standard InChI is InChI=1S/C39H66N2O4/c1-34(2,33(43)44)26-32(42)45-31-14-16-36(5)29(35(31,3)4)13-17-38(7)30(36)12-11-27-28-10-9-15-39(28,19-18-37(27,38)6)20-21-41-24-22-40(8)23-25-41/h27-31H,9-26H2,1-8H3,(H,43,44)/t27-,28-,29?,30?,31+,36+,37-,38-,39-/m1/s1. The van der Waals surface area contributed by atoms with Crippen molar-refractivity contribution < 1.29 is 19.4 Å². The lowest BCUT2D eigenvalue weighted by Crippen LogP contribution is -2.66. The third-order valence-corrected chi connectivity index (χ3v) is 16.4. The number of carboxylic acid groups (broad SMARTS) is 1. The molecule has 0 spiro atoms. The van der Waals surface area contributed by atoms with Gasteiger partial charge in [0.2, 0.25) is 0 Å². The number of nitrogens with zero attached hydrogens (tertiary/aromatic N) is 2. The monoisotopic (exact) mass is 627 g/mol. The lowest BCUT2D eigenvalue weighted by molar-refractivity contribution is -0.249. The molecule has 0 aromatic carbocycles. The van der Waals surface area contributed by atoms with Gasteiger partial charge in [-0.15, -0.1) is 0 Å². The van der Waals surface area contributed by atoms with Gasteiger partial charge in [-0.3, -0.25) is 9.59 Å². The average molecular weight is 627 g/mol. The first-order valence-electron chi connectivity index (χ1n) is 18.8. The van der Waals surface area contributed by atoms with Crippen molar-refractivity contribution in [1.82, 2.24) is 9.80 Å². The van der Waals surface area contributed by atoms with Crippen LogP contribution in [-0.4, -0.2) is 72.7 Å². The Morgan fingerprint density at radius 1 is 0.800 bits per heavy atom. The zero-order valence-corrected chi connectivity index (χ0v) is 30.2. The Balaban J connectivity index is 1.18. The van der Waals surface area contributed by atoms with Gasteiger partial charge in [0.25, 0.3) is 0 Å². The van der Waals surface area contributed by atoms with Gasteiger partial charge in [0.05, 0.1) is 11.8 Å². The molecular formula is C39H66N2O4. The van der Waals surface area contributed by atoms with Crippen LogP contribution in [0.4, 0.5) is 0 Å². The zero-order valence-electron chi connectivity index (χ0n) is 30.2. The quantitative estimate of drug-likeness (QED) is 0.290. The van der Waals surface area contributed by atoms with Crippen molar-refractivity contribution in [1.29, 1.82) is 0 Å². The topological polar surface area (TPSA) is 70.1 Å². The highest BCUT2D eigenvalue weighted by Crippen LogP contribution is 2.77. The van der Waals surface area contributed by atoms with E-state index in [0.717, 1.165) is 24.7 Å². The summed E-state index contributed by atoms with van der Waals surface area (Å²) >= 11 is 0. The molecule has 1 heterocycles. The summed E-state index contributed by atoms with van der Waals surface area (Å²) in [6.07, 6.45) is 15.7. The fourth-order valence-electron chi connectivity index (χ4n) is 13.4. The number of esters is 1. The second kappa shape index (κ2) is 11.5. The van der Waals surface area contributed by atoms with Crippen LogP contribution >= 0.6 is 0 Å². The molecule has 0 radical (unpaired) electrons. The second-order valence-corrected chi connectivity index (χ2v) is 19.1. The first-order valence-corrected chi connectivity index (χ1v) is 18.8. The Hall–Kier alpha value is -1.14. The molecule has 5 saturated carbocycles. The number of hydrogen-bond donors (Lipinski definition) is 1. The first kappa shape index (κ1) is 33.7. The predicted molar refractivity (Wildman–Crippen MR) is 180 cm³/mol. The fourth-order valence-corrected chi connectivity index (χ4v) is 13.4. The van der Waals surface area contributed by atoms with Crippen molar-refractivity contribution in [2.75, 3.05) is 39.8 Å². The van der Waals surface area contributed by atoms with Crippen LogP contribution in [0.25, 0.3) is 0 Å². The van der Waals surface area contributed by atoms with Crippen LogP contribution in [0.1, 0.15) is 132 Å². The van der Waals surface area contributed by atoms with Crippen LogP contribution in [0, 0.1) is 56.2 Å². The van der Waals surface area contributed by atoms with E-state index in [2.05, 4.69) is 51.5 Å². The summed E-state index contributed by atoms with van der Waals surface area (Å²) in [5.74, 6) is 1.70. The second-order valence-electron chi connectivity index (χ2n) is 19.1. The highest BCUT2D eigenvalue weighted by Gasteiger charge is 2.70. The molecule has 0 amide bonds. The number of piperazine rings is 1. The Bertz CT molecular complexity index is 1140. The van der Waals surface area contributed by atoms with Crippen LogP contribution in [0.15, 0.2) is 0 Å². The molecule has 6 nitrogen and oxygen atoms in total. The number of likely N-dealkylation sites (N-methyl/N-ethyl adjacent to an activating group) is 1. The van der Waals surface area contributed by atoms with Gasteiger partial charge in [0.1, 0.15) is 6.10 Å². The van der Waals surface area contributed by atoms with E-state index >= 15 is 0 Å². The SMILES string of the molecule is CN1CCN(CC[C@]23CCC[C@@H]2[C@H]2CCC4[C@@]5(C)CC[C@H](OC(=O)CC(C)(C)C(=O)O)C(C)(C)C5CC[C@@]4(C)[C@]2(C)CC3)CC1. The van der Waals surface area contributed by atoms with E-state index in [1.54, 1.807) is 13.8 Å². The van der Waals surface area contributed by atoms with E-state index in [1.165, 1.54) is 96.9 Å². The maximum Gasteiger partial charge on any atom is 0.309 e. The zero-order chi connectivity index (χ0) is 32.6. The molecule has 45 heavy (non-hydrogen) atoms. The summed E-state index contributed by atoms with van der Waals surface area (Å²) in [5.41, 5.74) is 0.374. The Morgan fingerprint density at radius 3 is 2.20 bits per heavy atom. The van der Waals surface area contributed by atoms with E-state index in [1.807, 2.05) is 0 Å². The van der Waals surface area contributed by atoms with Gasteiger partial charge in [-0.1, -0.05) is 41.0 Å². The van der Waals surface area contributed by atoms with Crippen molar-refractivity contribution >= 4 is 11.9 Å². The minimum absolute atomic E-state index is 0.0741. The number of aliphatic carboxylic acids is 1. The minimum Gasteiger partial charge on any atom is -0.481 e. The van der Waals surface area contributed by atoms with Gasteiger partial charge in [-0.05, 0) is 143 Å². The van der Waals surface area contributed by atoms with Gasteiger partial charge in [-0.25, -0.2) is 0 Å². The van der Waals surface area contributed by atoms with E-state index < -0.39 is 11.4 Å². The Kier molecular flexibility index (Phi) is 8.61. The number of hydrogen-bond acceptors (Lipinski definition) is 5.